The number of rotatable bonds is 7. The van der Waals surface area contributed by atoms with Gasteiger partial charge in [0.05, 0.1) is 0 Å². The molecule has 0 aliphatic carbocycles. The minimum Gasteiger partial charge on any atom is -0.361 e. The number of hydrogen-bond acceptors (Lipinski definition) is 2. The molecule has 0 atom stereocenters. The number of fused-ring (bicyclic) bond motifs is 1. The van der Waals surface area contributed by atoms with Crippen molar-refractivity contribution in [1.82, 2.24) is 25.2 Å². The fourth-order valence-corrected chi connectivity index (χ4v) is 2.82. The lowest BCUT2D eigenvalue weighted by Gasteiger charge is -2.11. The molecule has 2 aromatic heterocycles. The minimum absolute atomic E-state index is 0.0407. The number of benzene rings is 1. The quantitative estimate of drug-likeness (QED) is 0.437. The number of hydrogen-bond donors (Lipinski definition) is 3. The maximum atomic E-state index is 13.3. The van der Waals surface area contributed by atoms with Crippen molar-refractivity contribution in [2.24, 2.45) is 4.99 Å². The van der Waals surface area contributed by atoms with E-state index in [4.69, 9.17) is 0 Å². The van der Waals surface area contributed by atoms with Crippen molar-refractivity contribution >= 4 is 16.9 Å². The van der Waals surface area contributed by atoms with Gasteiger partial charge in [-0.3, -0.25) is 4.57 Å². The topological polar surface area (TPSA) is 70.0 Å². The van der Waals surface area contributed by atoms with E-state index in [0.29, 0.717) is 25.5 Å². The second-order valence-electron chi connectivity index (χ2n) is 5.90. The van der Waals surface area contributed by atoms with Crippen LogP contribution in [-0.2, 0) is 13.0 Å². The van der Waals surface area contributed by atoms with Crippen LogP contribution in [0.3, 0.4) is 0 Å². The standard InChI is InChI=1S/C18H21F3N6/c1-2-22-18(26-11-16-23-7-8-27(16)17(20)21)24-6-5-12-10-25-15-9-13(19)3-4-14(12)15/h3-4,7-10,17,25H,2,5-6,11H2,1H3,(H2,22,24,26). The third-order valence-electron chi connectivity index (χ3n) is 4.10. The molecule has 3 aromatic rings. The molecule has 0 radical (unpaired) electrons. The zero-order valence-corrected chi connectivity index (χ0v) is 14.8. The summed E-state index contributed by atoms with van der Waals surface area (Å²) in [6.07, 6.45) is 5.12. The van der Waals surface area contributed by atoms with Gasteiger partial charge in [-0.15, -0.1) is 0 Å². The van der Waals surface area contributed by atoms with Gasteiger partial charge < -0.3 is 15.6 Å². The molecule has 3 rings (SSSR count). The van der Waals surface area contributed by atoms with E-state index >= 15 is 0 Å². The molecule has 0 amide bonds. The summed E-state index contributed by atoms with van der Waals surface area (Å²) in [6, 6.07) is 4.65. The second-order valence-corrected chi connectivity index (χ2v) is 5.90. The molecule has 0 aliphatic rings. The van der Waals surface area contributed by atoms with E-state index in [9.17, 15) is 13.2 Å². The fraction of sp³-hybridized carbons (Fsp3) is 0.333. The molecule has 1 aromatic carbocycles. The Labute approximate surface area is 154 Å². The number of aliphatic imine (C=N–C) groups is 1. The zero-order chi connectivity index (χ0) is 19.2. The van der Waals surface area contributed by atoms with E-state index in [1.807, 2.05) is 13.1 Å². The van der Waals surface area contributed by atoms with Crippen LogP contribution in [0.2, 0.25) is 0 Å². The number of aromatic nitrogens is 3. The van der Waals surface area contributed by atoms with Gasteiger partial charge in [0.1, 0.15) is 18.2 Å². The molecule has 0 saturated heterocycles. The van der Waals surface area contributed by atoms with E-state index in [-0.39, 0.29) is 18.2 Å². The smallest absolute Gasteiger partial charge is 0.319 e. The number of H-pyrrole nitrogens is 1. The number of aromatic amines is 1. The van der Waals surface area contributed by atoms with Crippen molar-refractivity contribution in [3.63, 3.8) is 0 Å². The number of alkyl halides is 2. The third-order valence-corrected chi connectivity index (χ3v) is 4.10. The first-order valence-corrected chi connectivity index (χ1v) is 8.66. The Morgan fingerprint density at radius 1 is 1.33 bits per heavy atom. The normalized spacial score (nSPS) is 12.1. The van der Waals surface area contributed by atoms with Gasteiger partial charge in [0.15, 0.2) is 5.96 Å². The Hall–Kier alpha value is -2.97. The van der Waals surface area contributed by atoms with Crippen molar-refractivity contribution in [3.05, 3.63) is 54.0 Å². The molecule has 3 N–H and O–H groups in total. The predicted molar refractivity (Wildman–Crippen MR) is 98.3 cm³/mol. The molecule has 0 aliphatic heterocycles. The van der Waals surface area contributed by atoms with Gasteiger partial charge in [0, 0.05) is 42.6 Å². The summed E-state index contributed by atoms with van der Waals surface area (Å²) in [5.74, 6) is 0.436. The molecule has 27 heavy (non-hydrogen) atoms. The average Bonchev–Trinajstić information content (AvgIpc) is 3.26. The van der Waals surface area contributed by atoms with Crippen LogP contribution >= 0.6 is 0 Å². The summed E-state index contributed by atoms with van der Waals surface area (Å²) in [5, 5.41) is 7.22. The highest BCUT2D eigenvalue weighted by atomic mass is 19.3. The van der Waals surface area contributed by atoms with Crippen LogP contribution in [0.25, 0.3) is 10.9 Å². The van der Waals surface area contributed by atoms with Crippen LogP contribution in [0.1, 0.15) is 24.9 Å². The first-order chi connectivity index (χ1) is 13.1. The van der Waals surface area contributed by atoms with Gasteiger partial charge in [-0.2, -0.15) is 8.78 Å². The maximum Gasteiger partial charge on any atom is 0.319 e. The fourth-order valence-electron chi connectivity index (χ4n) is 2.82. The minimum atomic E-state index is -2.64. The van der Waals surface area contributed by atoms with E-state index in [1.54, 1.807) is 6.07 Å². The van der Waals surface area contributed by atoms with Crippen LogP contribution in [0.5, 0.6) is 0 Å². The number of imidazole rings is 1. The largest absolute Gasteiger partial charge is 0.361 e. The molecule has 144 valence electrons. The van der Waals surface area contributed by atoms with Crippen LogP contribution in [0, 0.1) is 5.82 Å². The molecule has 0 fully saturated rings. The predicted octanol–water partition coefficient (Wildman–Crippen LogP) is 3.20. The highest BCUT2D eigenvalue weighted by Gasteiger charge is 2.11. The Morgan fingerprint density at radius 2 is 2.19 bits per heavy atom. The summed E-state index contributed by atoms with van der Waals surface area (Å²) in [4.78, 5) is 11.3. The van der Waals surface area contributed by atoms with Gasteiger partial charge >= 0.3 is 6.55 Å². The van der Waals surface area contributed by atoms with Crippen molar-refractivity contribution in [3.8, 4) is 0 Å². The molecule has 6 nitrogen and oxygen atoms in total. The Kier molecular flexibility index (Phi) is 6.00. The van der Waals surface area contributed by atoms with Gasteiger partial charge in [-0.1, -0.05) is 0 Å². The van der Waals surface area contributed by atoms with Crippen molar-refractivity contribution in [2.45, 2.75) is 26.4 Å². The summed E-state index contributed by atoms with van der Waals surface area (Å²) < 4.78 is 39.8. The Bertz CT molecular complexity index is 915. The SMILES string of the molecule is CCNC(=NCc1nccn1C(F)F)NCCc1c[nH]c2cc(F)ccc12. The molecule has 0 saturated carbocycles. The highest BCUT2D eigenvalue weighted by molar-refractivity contribution is 5.83. The average molecular weight is 378 g/mol. The zero-order valence-electron chi connectivity index (χ0n) is 14.8. The lowest BCUT2D eigenvalue weighted by molar-refractivity contribution is 0.0671. The molecule has 0 unspecified atom stereocenters. The number of nitrogens with one attached hydrogen (secondary N) is 3. The third kappa shape index (κ3) is 4.60. The Balaban J connectivity index is 1.61. The molecule has 0 spiro atoms. The van der Waals surface area contributed by atoms with Gasteiger partial charge in [0.2, 0.25) is 0 Å². The molecule has 2 heterocycles. The van der Waals surface area contributed by atoms with Crippen molar-refractivity contribution < 1.29 is 13.2 Å². The summed E-state index contributed by atoms with van der Waals surface area (Å²) in [7, 11) is 0. The molecular formula is C18H21F3N6. The van der Waals surface area contributed by atoms with Crippen molar-refractivity contribution in [1.29, 1.82) is 0 Å². The number of nitrogens with zero attached hydrogens (tertiary/aromatic N) is 3. The lowest BCUT2D eigenvalue weighted by Crippen LogP contribution is -2.38. The lowest BCUT2D eigenvalue weighted by atomic mass is 10.1. The highest BCUT2D eigenvalue weighted by Crippen LogP contribution is 2.19. The Morgan fingerprint density at radius 3 is 2.96 bits per heavy atom. The summed E-state index contributed by atoms with van der Waals surface area (Å²) in [5.41, 5.74) is 1.81. The van der Waals surface area contributed by atoms with Crippen molar-refractivity contribution in [2.75, 3.05) is 13.1 Å². The first kappa shape index (κ1) is 18.8. The van der Waals surface area contributed by atoms with Gasteiger partial charge in [0.25, 0.3) is 0 Å². The first-order valence-electron chi connectivity index (χ1n) is 8.66. The van der Waals surface area contributed by atoms with Crippen LogP contribution < -0.4 is 10.6 Å². The maximum absolute atomic E-state index is 13.3. The van der Waals surface area contributed by atoms with Crippen LogP contribution in [0.15, 0.2) is 41.8 Å². The number of guanidine groups is 1. The van der Waals surface area contributed by atoms with Gasteiger partial charge in [-0.05, 0) is 37.1 Å². The summed E-state index contributed by atoms with van der Waals surface area (Å²) >= 11 is 0. The van der Waals surface area contributed by atoms with E-state index in [1.165, 1.54) is 24.5 Å². The van der Waals surface area contributed by atoms with Crippen LogP contribution in [0.4, 0.5) is 13.2 Å². The number of halogens is 3. The van der Waals surface area contributed by atoms with E-state index in [2.05, 4.69) is 25.6 Å². The van der Waals surface area contributed by atoms with Gasteiger partial charge in [-0.25, -0.2) is 14.4 Å². The van der Waals surface area contributed by atoms with E-state index in [0.717, 1.165) is 21.0 Å². The molecule has 9 heteroatoms. The van der Waals surface area contributed by atoms with Crippen LogP contribution in [-0.4, -0.2) is 33.6 Å². The summed E-state index contributed by atoms with van der Waals surface area (Å²) in [6.45, 7) is 0.547. The molecular weight excluding hydrogens is 357 g/mol. The second kappa shape index (κ2) is 8.61. The monoisotopic (exact) mass is 378 g/mol. The van der Waals surface area contributed by atoms with E-state index < -0.39 is 6.55 Å². The molecule has 0 bridgehead atoms.